The Hall–Kier alpha value is -2.36. The van der Waals surface area contributed by atoms with Gasteiger partial charge < -0.3 is 21.1 Å². The SMILES string of the molecule is NC(=O)C1(O)CCCN(C(=O)Nc2ccc(F)c(C(F)(F)F)c2)C1. The molecule has 1 saturated heterocycles. The second-order valence-electron chi connectivity index (χ2n) is 5.54. The summed E-state index contributed by atoms with van der Waals surface area (Å²) in [5.41, 5.74) is 1.44. The summed E-state index contributed by atoms with van der Waals surface area (Å²) in [7, 11) is 0. The average molecular weight is 349 g/mol. The second-order valence-corrected chi connectivity index (χ2v) is 5.54. The molecule has 1 unspecified atom stereocenters. The zero-order valence-corrected chi connectivity index (χ0v) is 12.4. The lowest BCUT2D eigenvalue weighted by Gasteiger charge is -2.36. The third-order valence-electron chi connectivity index (χ3n) is 3.74. The molecule has 3 amide bonds. The van der Waals surface area contributed by atoms with Crippen molar-refractivity contribution in [2.45, 2.75) is 24.6 Å². The molecule has 1 fully saturated rings. The summed E-state index contributed by atoms with van der Waals surface area (Å²) >= 11 is 0. The van der Waals surface area contributed by atoms with Gasteiger partial charge in [0.15, 0.2) is 5.60 Å². The monoisotopic (exact) mass is 349 g/mol. The van der Waals surface area contributed by atoms with E-state index < -0.39 is 35.1 Å². The molecule has 1 aromatic carbocycles. The van der Waals surface area contributed by atoms with Gasteiger partial charge >= 0.3 is 12.2 Å². The molecule has 1 atom stereocenters. The van der Waals surface area contributed by atoms with Crippen LogP contribution in [-0.4, -0.2) is 40.6 Å². The van der Waals surface area contributed by atoms with Gasteiger partial charge in [-0.25, -0.2) is 9.18 Å². The van der Waals surface area contributed by atoms with Crippen LogP contribution < -0.4 is 11.1 Å². The van der Waals surface area contributed by atoms with E-state index in [-0.39, 0.29) is 25.2 Å². The van der Waals surface area contributed by atoms with Crippen LogP contribution in [0.3, 0.4) is 0 Å². The molecule has 1 aliphatic heterocycles. The van der Waals surface area contributed by atoms with Gasteiger partial charge in [0.1, 0.15) is 5.82 Å². The molecular weight excluding hydrogens is 334 g/mol. The summed E-state index contributed by atoms with van der Waals surface area (Å²) in [6.45, 7) is -0.184. The Morgan fingerprint density at radius 3 is 2.58 bits per heavy atom. The third-order valence-corrected chi connectivity index (χ3v) is 3.74. The molecule has 0 spiro atoms. The number of nitrogens with one attached hydrogen (secondary N) is 1. The molecule has 6 nitrogen and oxygen atoms in total. The molecule has 1 aliphatic rings. The van der Waals surface area contributed by atoms with E-state index in [9.17, 15) is 32.3 Å². The van der Waals surface area contributed by atoms with Crippen LogP contribution in [0.15, 0.2) is 18.2 Å². The summed E-state index contributed by atoms with van der Waals surface area (Å²) in [5.74, 6) is -2.44. The zero-order chi connectivity index (χ0) is 18.1. The van der Waals surface area contributed by atoms with Gasteiger partial charge in [-0.2, -0.15) is 13.2 Å². The first-order chi connectivity index (χ1) is 11.0. The van der Waals surface area contributed by atoms with E-state index in [2.05, 4.69) is 5.32 Å². The van der Waals surface area contributed by atoms with E-state index in [0.29, 0.717) is 18.6 Å². The van der Waals surface area contributed by atoms with E-state index in [1.807, 2.05) is 0 Å². The lowest BCUT2D eigenvalue weighted by atomic mass is 9.92. The first kappa shape index (κ1) is 18.0. The number of nitrogens with zero attached hydrogens (tertiary/aromatic N) is 1. The second kappa shape index (κ2) is 6.27. The van der Waals surface area contributed by atoms with Crippen molar-refractivity contribution in [3.05, 3.63) is 29.6 Å². The highest BCUT2D eigenvalue weighted by molar-refractivity contribution is 5.91. The lowest BCUT2D eigenvalue weighted by molar-refractivity contribution is -0.141. The maximum absolute atomic E-state index is 13.2. The van der Waals surface area contributed by atoms with Crippen molar-refractivity contribution < 1.29 is 32.3 Å². The molecule has 0 aromatic heterocycles. The zero-order valence-electron chi connectivity index (χ0n) is 12.4. The number of benzene rings is 1. The van der Waals surface area contributed by atoms with Crippen molar-refractivity contribution in [3.63, 3.8) is 0 Å². The molecule has 1 aromatic rings. The van der Waals surface area contributed by atoms with Crippen LogP contribution in [0.1, 0.15) is 18.4 Å². The highest BCUT2D eigenvalue weighted by Crippen LogP contribution is 2.33. The van der Waals surface area contributed by atoms with Gasteiger partial charge in [0, 0.05) is 12.2 Å². The smallest absolute Gasteiger partial charge is 0.378 e. The highest BCUT2D eigenvalue weighted by Gasteiger charge is 2.40. The van der Waals surface area contributed by atoms with Crippen LogP contribution >= 0.6 is 0 Å². The minimum Gasteiger partial charge on any atom is -0.378 e. The molecule has 132 valence electrons. The number of β-amino-alcohol motifs (C(OH)–C–C–N with tert-alkyl or cyclic N) is 1. The third kappa shape index (κ3) is 3.75. The van der Waals surface area contributed by atoms with Crippen molar-refractivity contribution in [2.24, 2.45) is 5.73 Å². The number of anilines is 1. The number of urea groups is 1. The van der Waals surface area contributed by atoms with E-state index in [0.717, 1.165) is 11.0 Å². The van der Waals surface area contributed by atoms with Gasteiger partial charge in [0.25, 0.3) is 5.91 Å². The normalized spacial score (nSPS) is 21.5. The fourth-order valence-electron chi connectivity index (χ4n) is 2.43. The molecule has 4 N–H and O–H groups in total. The van der Waals surface area contributed by atoms with Crippen molar-refractivity contribution in [3.8, 4) is 0 Å². The fourth-order valence-corrected chi connectivity index (χ4v) is 2.43. The van der Waals surface area contributed by atoms with Gasteiger partial charge in [-0.3, -0.25) is 4.79 Å². The number of carbonyl (C=O) groups excluding carboxylic acids is 2. The number of likely N-dealkylation sites (tertiary alicyclic amines) is 1. The predicted octanol–water partition coefficient (Wildman–Crippen LogP) is 1.69. The van der Waals surface area contributed by atoms with Crippen molar-refractivity contribution >= 4 is 17.6 Å². The number of halogens is 4. The summed E-state index contributed by atoms with van der Waals surface area (Å²) in [6.07, 6.45) is -4.52. The van der Waals surface area contributed by atoms with Crippen LogP contribution in [0.4, 0.5) is 28.0 Å². The average Bonchev–Trinajstić information content (AvgIpc) is 2.48. The predicted molar refractivity (Wildman–Crippen MR) is 75.4 cm³/mol. The number of alkyl halides is 3. The van der Waals surface area contributed by atoms with E-state index in [1.54, 1.807) is 0 Å². The number of primary amides is 1. The standard InChI is InChI=1S/C14H15F4N3O3/c15-10-3-2-8(6-9(10)14(16,17)18)20-12(23)21-5-1-4-13(24,7-21)11(19)22/h2-3,6,24H,1,4-5,7H2,(H2,19,22)(H,20,23). The number of hydrogen-bond donors (Lipinski definition) is 3. The van der Waals surface area contributed by atoms with Crippen LogP contribution in [0.25, 0.3) is 0 Å². The maximum atomic E-state index is 13.2. The number of piperidine rings is 1. The van der Waals surface area contributed by atoms with Gasteiger partial charge in [-0.05, 0) is 31.0 Å². The van der Waals surface area contributed by atoms with Gasteiger partial charge in [0.2, 0.25) is 0 Å². The molecule has 24 heavy (non-hydrogen) atoms. The van der Waals surface area contributed by atoms with E-state index in [1.165, 1.54) is 0 Å². The number of carbonyl (C=O) groups is 2. The van der Waals surface area contributed by atoms with Gasteiger partial charge in [0.05, 0.1) is 12.1 Å². The molecule has 0 aliphatic carbocycles. The lowest BCUT2D eigenvalue weighted by Crippen LogP contribution is -2.57. The Morgan fingerprint density at radius 2 is 2.00 bits per heavy atom. The van der Waals surface area contributed by atoms with Crippen LogP contribution in [0.2, 0.25) is 0 Å². The minimum absolute atomic E-state index is 0.0842. The fraction of sp³-hybridized carbons (Fsp3) is 0.429. The molecule has 0 saturated carbocycles. The maximum Gasteiger partial charge on any atom is 0.419 e. The molecule has 1 heterocycles. The van der Waals surface area contributed by atoms with Crippen molar-refractivity contribution in [2.75, 3.05) is 18.4 Å². The Kier molecular flexibility index (Phi) is 4.70. The molecule has 0 radical (unpaired) electrons. The van der Waals surface area contributed by atoms with E-state index in [4.69, 9.17) is 5.73 Å². The van der Waals surface area contributed by atoms with Crippen molar-refractivity contribution in [1.82, 2.24) is 4.90 Å². The molecule has 0 bridgehead atoms. The van der Waals surface area contributed by atoms with E-state index >= 15 is 0 Å². The van der Waals surface area contributed by atoms with Gasteiger partial charge in [-0.1, -0.05) is 0 Å². The Morgan fingerprint density at radius 1 is 1.33 bits per heavy atom. The summed E-state index contributed by atoms with van der Waals surface area (Å²) in [4.78, 5) is 24.4. The minimum atomic E-state index is -4.90. The number of amides is 3. The van der Waals surface area contributed by atoms with Crippen LogP contribution in [0, 0.1) is 5.82 Å². The van der Waals surface area contributed by atoms with Crippen LogP contribution in [0.5, 0.6) is 0 Å². The number of rotatable bonds is 2. The van der Waals surface area contributed by atoms with Crippen LogP contribution in [-0.2, 0) is 11.0 Å². The Balaban J connectivity index is 2.14. The number of hydrogen-bond acceptors (Lipinski definition) is 3. The topological polar surface area (TPSA) is 95.7 Å². The number of aliphatic hydroxyl groups is 1. The first-order valence-corrected chi connectivity index (χ1v) is 6.98. The summed E-state index contributed by atoms with van der Waals surface area (Å²) < 4.78 is 51.2. The number of nitrogens with two attached hydrogens (primary N) is 1. The highest BCUT2D eigenvalue weighted by atomic mass is 19.4. The Labute approximate surface area is 134 Å². The first-order valence-electron chi connectivity index (χ1n) is 6.98. The van der Waals surface area contributed by atoms with Gasteiger partial charge in [-0.15, -0.1) is 0 Å². The van der Waals surface area contributed by atoms with Crippen molar-refractivity contribution in [1.29, 1.82) is 0 Å². The molecule has 10 heteroatoms. The molecular formula is C14H15F4N3O3. The molecule has 2 rings (SSSR count). The quantitative estimate of drug-likeness (QED) is 0.709. The summed E-state index contributed by atoms with van der Waals surface area (Å²) in [5, 5.41) is 12.2. The Bertz CT molecular complexity index is 665. The largest absolute Gasteiger partial charge is 0.419 e. The summed E-state index contributed by atoms with van der Waals surface area (Å²) in [6, 6.07) is 1.22.